The molecule has 0 aliphatic rings. The predicted octanol–water partition coefficient (Wildman–Crippen LogP) is 3.65. The van der Waals surface area contributed by atoms with Gasteiger partial charge in [-0.05, 0) is 30.0 Å². The summed E-state index contributed by atoms with van der Waals surface area (Å²) in [6.45, 7) is 0.234. The molecule has 1 aromatic heterocycles. The summed E-state index contributed by atoms with van der Waals surface area (Å²) in [4.78, 5) is 22.9. The molecule has 0 saturated carbocycles. The summed E-state index contributed by atoms with van der Waals surface area (Å²) in [5, 5.41) is 15.3. The fourth-order valence-electron chi connectivity index (χ4n) is 1.90. The third-order valence-corrected chi connectivity index (χ3v) is 3.94. The van der Waals surface area contributed by atoms with Crippen molar-refractivity contribution in [1.29, 1.82) is 0 Å². The van der Waals surface area contributed by atoms with Crippen LogP contribution >= 0.6 is 11.3 Å². The van der Waals surface area contributed by atoms with Crippen LogP contribution in [0.25, 0.3) is 0 Å². The summed E-state index contributed by atoms with van der Waals surface area (Å²) in [7, 11) is 0. The second-order valence-corrected chi connectivity index (χ2v) is 5.60. The van der Waals surface area contributed by atoms with Gasteiger partial charge in [0, 0.05) is 17.5 Å². The third kappa shape index (κ3) is 4.28. The van der Waals surface area contributed by atoms with Crippen LogP contribution in [0.4, 0.5) is 18.9 Å². The quantitative estimate of drug-likeness (QED) is 0.665. The van der Waals surface area contributed by atoms with Gasteiger partial charge in [-0.1, -0.05) is 6.07 Å². The van der Waals surface area contributed by atoms with Crippen LogP contribution < -0.4 is 5.32 Å². The number of rotatable bonds is 5. The minimum atomic E-state index is -4.71. The average molecular weight is 344 g/mol. The fourth-order valence-corrected chi connectivity index (χ4v) is 2.61. The molecule has 2 rings (SSSR count). The first-order valence-corrected chi connectivity index (χ1v) is 7.33. The fraction of sp³-hybridized carbons (Fsp3) is 0.214. The number of nitrogens with one attached hydrogen (secondary N) is 1. The molecular weight excluding hydrogens is 333 g/mol. The van der Waals surface area contributed by atoms with Crippen molar-refractivity contribution in [3.8, 4) is 0 Å². The number of carbonyl (C=O) groups is 1. The van der Waals surface area contributed by atoms with E-state index in [9.17, 15) is 28.1 Å². The molecule has 122 valence electrons. The Bertz CT molecular complexity index is 715. The largest absolute Gasteiger partial charge is 0.416 e. The van der Waals surface area contributed by atoms with E-state index in [2.05, 4.69) is 5.32 Å². The number of thiophene rings is 1. The van der Waals surface area contributed by atoms with Crippen molar-refractivity contribution in [3.05, 3.63) is 61.8 Å². The maximum atomic E-state index is 12.6. The van der Waals surface area contributed by atoms with Crippen molar-refractivity contribution < 1.29 is 22.9 Å². The van der Waals surface area contributed by atoms with Gasteiger partial charge in [0.05, 0.1) is 10.5 Å². The van der Waals surface area contributed by atoms with Gasteiger partial charge in [-0.2, -0.15) is 13.2 Å². The van der Waals surface area contributed by atoms with Crippen LogP contribution in [0.3, 0.4) is 0 Å². The lowest BCUT2D eigenvalue weighted by molar-refractivity contribution is -0.385. The second kappa shape index (κ2) is 6.78. The zero-order chi connectivity index (χ0) is 17.0. The molecule has 5 nitrogen and oxygen atoms in total. The lowest BCUT2D eigenvalue weighted by Gasteiger charge is -2.09. The molecule has 0 aliphatic carbocycles. The molecule has 1 N–H and O–H groups in total. The van der Waals surface area contributed by atoms with E-state index in [4.69, 9.17) is 0 Å². The minimum Gasteiger partial charge on any atom is -0.351 e. The van der Waals surface area contributed by atoms with Gasteiger partial charge in [0.15, 0.2) is 0 Å². The highest BCUT2D eigenvalue weighted by Crippen LogP contribution is 2.32. The van der Waals surface area contributed by atoms with Crippen molar-refractivity contribution in [2.75, 3.05) is 6.54 Å². The van der Waals surface area contributed by atoms with E-state index in [0.29, 0.717) is 18.6 Å². The monoisotopic (exact) mass is 344 g/mol. The number of hydrogen-bond donors (Lipinski definition) is 1. The zero-order valence-corrected chi connectivity index (χ0v) is 12.4. The molecule has 0 unspecified atom stereocenters. The summed E-state index contributed by atoms with van der Waals surface area (Å²) in [6.07, 6.45) is -4.17. The predicted molar refractivity (Wildman–Crippen MR) is 78.5 cm³/mol. The summed E-state index contributed by atoms with van der Waals surface area (Å²) in [5.74, 6) is -0.776. The number of hydrogen-bond acceptors (Lipinski definition) is 4. The zero-order valence-electron chi connectivity index (χ0n) is 11.6. The van der Waals surface area contributed by atoms with Gasteiger partial charge in [-0.15, -0.1) is 11.3 Å². The van der Waals surface area contributed by atoms with E-state index in [0.717, 1.165) is 10.9 Å². The molecule has 2 aromatic rings. The molecule has 1 amide bonds. The molecule has 0 spiro atoms. The first-order valence-electron chi connectivity index (χ1n) is 6.45. The maximum Gasteiger partial charge on any atom is 0.416 e. The lowest BCUT2D eigenvalue weighted by Crippen LogP contribution is -2.26. The molecule has 0 atom stereocenters. The Balaban J connectivity index is 2.14. The normalized spacial score (nSPS) is 11.3. The highest BCUT2D eigenvalue weighted by Gasteiger charge is 2.33. The molecule has 0 fully saturated rings. The summed E-state index contributed by atoms with van der Waals surface area (Å²) in [5.41, 5.74) is -2.43. The van der Waals surface area contributed by atoms with Gasteiger partial charge in [0.2, 0.25) is 0 Å². The van der Waals surface area contributed by atoms with Crippen LogP contribution in [0.1, 0.15) is 20.8 Å². The molecule has 0 bridgehead atoms. The maximum absolute atomic E-state index is 12.6. The van der Waals surface area contributed by atoms with E-state index in [1.807, 2.05) is 17.5 Å². The first-order chi connectivity index (χ1) is 10.8. The van der Waals surface area contributed by atoms with E-state index < -0.39 is 33.8 Å². The molecule has 0 radical (unpaired) electrons. The molecule has 1 aromatic carbocycles. The van der Waals surface area contributed by atoms with E-state index in [1.54, 1.807) is 0 Å². The Hall–Kier alpha value is -2.42. The molecule has 0 aliphatic heterocycles. The van der Waals surface area contributed by atoms with Gasteiger partial charge in [0.25, 0.3) is 11.6 Å². The van der Waals surface area contributed by atoms with Crippen LogP contribution in [0.2, 0.25) is 0 Å². The smallest absolute Gasteiger partial charge is 0.351 e. The Kier molecular flexibility index (Phi) is 4.99. The van der Waals surface area contributed by atoms with Crippen LogP contribution in [-0.2, 0) is 12.6 Å². The summed E-state index contributed by atoms with van der Waals surface area (Å²) >= 11 is 1.50. The van der Waals surface area contributed by atoms with Crippen LogP contribution in [0.5, 0.6) is 0 Å². The third-order valence-electron chi connectivity index (χ3n) is 3.00. The van der Waals surface area contributed by atoms with Gasteiger partial charge in [0.1, 0.15) is 5.56 Å². The first kappa shape index (κ1) is 16.9. The number of carbonyl (C=O) groups excluding carboxylic acids is 1. The topological polar surface area (TPSA) is 72.2 Å². The number of nitro benzene ring substituents is 1. The van der Waals surface area contributed by atoms with Gasteiger partial charge in [-0.25, -0.2) is 0 Å². The van der Waals surface area contributed by atoms with Crippen LogP contribution in [-0.4, -0.2) is 17.4 Å². The van der Waals surface area contributed by atoms with Gasteiger partial charge < -0.3 is 5.32 Å². The summed E-state index contributed by atoms with van der Waals surface area (Å²) < 4.78 is 37.8. The molecular formula is C14H11F3N2O3S. The van der Waals surface area contributed by atoms with Gasteiger partial charge >= 0.3 is 6.18 Å². The minimum absolute atomic E-state index is 0.234. The standard InChI is InChI=1S/C14H11F3N2O3S/c15-14(16,17)9-3-4-11(12(8-9)19(21)22)13(20)18-6-5-10-2-1-7-23-10/h1-4,7-8H,5-6H2,(H,18,20). The Labute approximate surface area is 132 Å². The van der Waals surface area contributed by atoms with E-state index >= 15 is 0 Å². The second-order valence-electron chi connectivity index (χ2n) is 4.57. The molecule has 1 heterocycles. The number of nitrogens with zero attached hydrogens (tertiary/aromatic N) is 1. The number of alkyl halides is 3. The highest BCUT2D eigenvalue weighted by molar-refractivity contribution is 7.09. The van der Waals surface area contributed by atoms with Crippen molar-refractivity contribution in [1.82, 2.24) is 5.32 Å². The Morgan fingerprint density at radius 3 is 2.61 bits per heavy atom. The van der Waals surface area contributed by atoms with Crippen molar-refractivity contribution in [2.24, 2.45) is 0 Å². The van der Waals surface area contributed by atoms with Crippen molar-refractivity contribution in [2.45, 2.75) is 12.6 Å². The Morgan fingerprint density at radius 2 is 2.04 bits per heavy atom. The highest BCUT2D eigenvalue weighted by atomic mass is 32.1. The number of amides is 1. The number of halogens is 3. The molecule has 9 heteroatoms. The average Bonchev–Trinajstić information content (AvgIpc) is 2.98. The van der Waals surface area contributed by atoms with Crippen molar-refractivity contribution >= 4 is 22.9 Å². The molecule has 0 saturated heterocycles. The molecule has 23 heavy (non-hydrogen) atoms. The van der Waals surface area contributed by atoms with Crippen LogP contribution in [0, 0.1) is 10.1 Å². The van der Waals surface area contributed by atoms with E-state index in [1.165, 1.54) is 11.3 Å². The van der Waals surface area contributed by atoms with Crippen molar-refractivity contribution in [3.63, 3.8) is 0 Å². The number of nitro groups is 1. The van der Waals surface area contributed by atoms with Crippen LogP contribution in [0.15, 0.2) is 35.7 Å². The number of benzene rings is 1. The van der Waals surface area contributed by atoms with E-state index in [-0.39, 0.29) is 6.54 Å². The SMILES string of the molecule is O=C(NCCc1cccs1)c1ccc(C(F)(F)F)cc1[N+](=O)[O-]. The Morgan fingerprint density at radius 1 is 1.30 bits per heavy atom. The summed E-state index contributed by atoms with van der Waals surface area (Å²) in [6, 6.07) is 5.57. The lowest BCUT2D eigenvalue weighted by atomic mass is 10.1. The van der Waals surface area contributed by atoms with Gasteiger partial charge in [-0.3, -0.25) is 14.9 Å².